The molecule has 8 nitrogen and oxygen atoms in total. The quantitative estimate of drug-likeness (QED) is 0.611. The largest absolute Gasteiger partial charge is 0.465 e. The second kappa shape index (κ2) is 7.78. The Morgan fingerprint density at radius 2 is 1.76 bits per heavy atom. The first-order chi connectivity index (χ1) is 11.9. The van der Waals surface area contributed by atoms with Gasteiger partial charge in [0.05, 0.1) is 37.0 Å². The number of amides is 1. The van der Waals surface area contributed by atoms with Crippen LogP contribution in [0.2, 0.25) is 0 Å². The first-order valence-corrected chi connectivity index (χ1v) is 7.64. The highest BCUT2D eigenvalue weighted by molar-refractivity contribution is 6.04. The van der Waals surface area contributed by atoms with Gasteiger partial charge >= 0.3 is 17.9 Å². The van der Waals surface area contributed by atoms with Crippen LogP contribution in [0.5, 0.6) is 0 Å². The Morgan fingerprint density at radius 1 is 1.12 bits per heavy atom. The number of ether oxygens (including phenoxy) is 3. The Hall–Kier alpha value is -2.90. The summed E-state index contributed by atoms with van der Waals surface area (Å²) in [6.07, 6.45) is 0.758. The van der Waals surface area contributed by atoms with E-state index in [9.17, 15) is 19.2 Å². The van der Waals surface area contributed by atoms with Gasteiger partial charge in [0.25, 0.3) is 5.91 Å². The van der Waals surface area contributed by atoms with Gasteiger partial charge in [-0.25, -0.2) is 9.59 Å². The monoisotopic (exact) mass is 349 g/mol. The predicted octanol–water partition coefficient (Wildman–Crippen LogP) is 1.40. The van der Waals surface area contributed by atoms with Crippen molar-refractivity contribution in [2.24, 2.45) is 11.8 Å². The zero-order chi connectivity index (χ0) is 18.6. The Morgan fingerprint density at radius 3 is 2.32 bits per heavy atom. The van der Waals surface area contributed by atoms with E-state index in [0.717, 1.165) is 6.42 Å². The third kappa shape index (κ3) is 4.56. The van der Waals surface area contributed by atoms with Crippen molar-refractivity contribution in [3.8, 4) is 0 Å². The molecule has 1 saturated carbocycles. The number of methoxy groups -OCH3 is 2. The predicted molar refractivity (Wildman–Crippen MR) is 86.0 cm³/mol. The average molecular weight is 349 g/mol. The molecule has 2 atom stereocenters. The molecule has 0 saturated heterocycles. The highest BCUT2D eigenvalue weighted by Gasteiger charge is 2.40. The molecule has 8 heteroatoms. The SMILES string of the molecule is COC(=O)c1ccc(C(=O)OC)c(NC(=O)COC(=O)[C@H]2C[C@@H]2C)c1. The molecule has 0 heterocycles. The normalized spacial score (nSPS) is 18.0. The van der Waals surface area contributed by atoms with Crippen LogP contribution in [0.25, 0.3) is 0 Å². The van der Waals surface area contributed by atoms with E-state index in [1.165, 1.54) is 32.4 Å². The lowest BCUT2D eigenvalue weighted by atomic mass is 10.1. The summed E-state index contributed by atoms with van der Waals surface area (Å²) in [5.41, 5.74) is 0.274. The topological polar surface area (TPSA) is 108 Å². The van der Waals surface area contributed by atoms with Crippen molar-refractivity contribution in [1.82, 2.24) is 0 Å². The van der Waals surface area contributed by atoms with E-state index in [-0.39, 0.29) is 28.7 Å². The lowest BCUT2D eigenvalue weighted by Gasteiger charge is -2.11. The van der Waals surface area contributed by atoms with Crippen molar-refractivity contribution in [2.75, 3.05) is 26.1 Å². The number of rotatable bonds is 6. The Balaban J connectivity index is 2.09. The fourth-order valence-corrected chi connectivity index (χ4v) is 2.26. The fourth-order valence-electron chi connectivity index (χ4n) is 2.26. The standard InChI is InChI=1S/C17H19NO7/c1-9-6-12(9)17(22)25-8-14(19)18-13-7-10(15(20)23-2)4-5-11(13)16(21)24-3/h4-5,7,9,12H,6,8H2,1-3H3,(H,18,19)/t9-,12-/m0/s1. The summed E-state index contributed by atoms with van der Waals surface area (Å²) in [5.74, 6) is -2.23. The lowest BCUT2D eigenvalue weighted by molar-refractivity contribution is -0.148. The molecule has 1 aromatic carbocycles. The minimum Gasteiger partial charge on any atom is -0.465 e. The van der Waals surface area contributed by atoms with E-state index in [0.29, 0.717) is 0 Å². The molecule has 1 aromatic rings. The third-order valence-corrected chi connectivity index (χ3v) is 3.88. The highest BCUT2D eigenvalue weighted by Crippen LogP contribution is 2.38. The number of anilines is 1. The fraction of sp³-hybridized carbons (Fsp3) is 0.412. The lowest BCUT2D eigenvalue weighted by Crippen LogP contribution is -2.23. The summed E-state index contributed by atoms with van der Waals surface area (Å²) in [4.78, 5) is 47.0. The van der Waals surface area contributed by atoms with Crippen LogP contribution in [0, 0.1) is 11.8 Å². The highest BCUT2D eigenvalue weighted by atomic mass is 16.5. The third-order valence-electron chi connectivity index (χ3n) is 3.88. The van der Waals surface area contributed by atoms with Gasteiger partial charge in [-0.1, -0.05) is 6.92 Å². The molecule has 1 N–H and O–H groups in total. The van der Waals surface area contributed by atoms with E-state index in [1.54, 1.807) is 0 Å². The van der Waals surface area contributed by atoms with E-state index < -0.39 is 30.4 Å². The van der Waals surface area contributed by atoms with Crippen molar-refractivity contribution in [1.29, 1.82) is 0 Å². The molecular weight excluding hydrogens is 330 g/mol. The van der Waals surface area contributed by atoms with Gasteiger partial charge in [-0.05, 0) is 30.5 Å². The Bertz CT molecular complexity index is 713. The minimum atomic E-state index is -0.685. The maximum atomic E-state index is 12.0. The molecule has 0 aliphatic heterocycles. The van der Waals surface area contributed by atoms with Crippen LogP contribution in [0.4, 0.5) is 5.69 Å². The van der Waals surface area contributed by atoms with Crippen LogP contribution in [0.15, 0.2) is 18.2 Å². The number of benzene rings is 1. The summed E-state index contributed by atoms with van der Waals surface area (Å²) in [7, 11) is 2.41. The van der Waals surface area contributed by atoms with Gasteiger partial charge < -0.3 is 19.5 Å². The number of hydrogen-bond acceptors (Lipinski definition) is 7. The van der Waals surface area contributed by atoms with Crippen LogP contribution in [-0.2, 0) is 23.8 Å². The average Bonchev–Trinajstić information content (AvgIpc) is 3.35. The summed E-state index contributed by atoms with van der Waals surface area (Å²) in [6, 6.07) is 4.01. The Kier molecular flexibility index (Phi) is 5.74. The second-order valence-corrected chi connectivity index (χ2v) is 5.72. The second-order valence-electron chi connectivity index (χ2n) is 5.72. The zero-order valence-electron chi connectivity index (χ0n) is 14.2. The summed E-state index contributed by atoms with van der Waals surface area (Å²) in [5, 5.41) is 2.45. The van der Waals surface area contributed by atoms with Gasteiger partial charge in [0.2, 0.25) is 0 Å². The molecule has 0 aromatic heterocycles. The maximum Gasteiger partial charge on any atom is 0.339 e. The molecule has 1 fully saturated rings. The van der Waals surface area contributed by atoms with Crippen molar-refractivity contribution in [3.05, 3.63) is 29.3 Å². The van der Waals surface area contributed by atoms with Gasteiger partial charge in [-0.2, -0.15) is 0 Å². The van der Waals surface area contributed by atoms with Crippen LogP contribution in [0.3, 0.4) is 0 Å². The number of esters is 3. The zero-order valence-corrected chi connectivity index (χ0v) is 14.2. The van der Waals surface area contributed by atoms with E-state index in [4.69, 9.17) is 4.74 Å². The van der Waals surface area contributed by atoms with Crippen molar-refractivity contribution < 1.29 is 33.4 Å². The van der Waals surface area contributed by atoms with Gasteiger partial charge in [-0.3, -0.25) is 9.59 Å². The molecule has 2 rings (SSSR count). The van der Waals surface area contributed by atoms with Crippen LogP contribution in [-0.4, -0.2) is 44.6 Å². The summed E-state index contributed by atoms with van der Waals surface area (Å²) < 4.78 is 14.2. The molecule has 0 radical (unpaired) electrons. The maximum absolute atomic E-state index is 12.0. The number of carbonyl (C=O) groups is 4. The van der Waals surface area contributed by atoms with Gasteiger partial charge in [0, 0.05) is 0 Å². The minimum absolute atomic E-state index is 0.0608. The van der Waals surface area contributed by atoms with E-state index >= 15 is 0 Å². The first-order valence-electron chi connectivity index (χ1n) is 7.64. The molecule has 25 heavy (non-hydrogen) atoms. The molecule has 0 unspecified atom stereocenters. The number of hydrogen-bond donors (Lipinski definition) is 1. The molecule has 134 valence electrons. The number of nitrogens with one attached hydrogen (secondary N) is 1. The van der Waals surface area contributed by atoms with Gasteiger partial charge in [-0.15, -0.1) is 0 Å². The van der Waals surface area contributed by atoms with Crippen molar-refractivity contribution >= 4 is 29.5 Å². The summed E-state index contributed by atoms with van der Waals surface area (Å²) in [6.45, 7) is 1.44. The van der Waals surface area contributed by atoms with Crippen molar-refractivity contribution in [3.63, 3.8) is 0 Å². The van der Waals surface area contributed by atoms with Crippen LogP contribution in [0.1, 0.15) is 34.1 Å². The molecule has 1 aliphatic rings. The molecular formula is C17H19NO7. The van der Waals surface area contributed by atoms with E-state index in [2.05, 4.69) is 14.8 Å². The van der Waals surface area contributed by atoms with Crippen LogP contribution < -0.4 is 5.32 Å². The number of carbonyl (C=O) groups excluding carboxylic acids is 4. The molecule has 1 aliphatic carbocycles. The van der Waals surface area contributed by atoms with Gasteiger partial charge in [0.1, 0.15) is 0 Å². The smallest absolute Gasteiger partial charge is 0.339 e. The Labute approximate surface area is 144 Å². The van der Waals surface area contributed by atoms with E-state index in [1.807, 2.05) is 6.92 Å². The summed E-state index contributed by atoms with van der Waals surface area (Å²) >= 11 is 0. The van der Waals surface area contributed by atoms with Crippen LogP contribution >= 0.6 is 0 Å². The van der Waals surface area contributed by atoms with Crippen molar-refractivity contribution in [2.45, 2.75) is 13.3 Å². The van der Waals surface area contributed by atoms with Gasteiger partial charge in [0.15, 0.2) is 6.61 Å². The molecule has 1 amide bonds. The molecule has 0 spiro atoms. The first kappa shape index (κ1) is 18.4. The molecule has 0 bridgehead atoms.